The molecule has 11 nitrogen and oxygen atoms in total. The number of nitrogens with zero attached hydrogens (tertiary/aromatic N) is 4. The van der Waals surface area contributed by atoms with Gasteiger partial charge in [0.1, 0.15) is 32.3 Å². The number of thiazole rings is 1. The topological polar surface area (TPSA) is 159 Å². The number of nitrogens with one attached hydrogen (secondary N) is 2. The zero-order chi connectivity index (χ0) is 29.4. The maximum Gasteiger partial charge on any atom is 0.224 e. The molecule has 13 heteroatoms. The van der Waals surface area contributed by atoms with Crippen LogP contribution in [-0.4, -0.2) is 88.6 Å². The summed E-state index contributed by atoms with van der Waals surface area (Å²) in [5, 5.41) is 28.9. The maximum atomic E-state index is 12.0. The largest absolute Gasteiger partial charge is 0.390 e. The van der Waals surface area contributed by atoms with Crippen molar-refractivity contribution >= 4 is 43.2 Å². The van der Waals surface area contributed by atoms with Gasteiger partial charge in [-0.15, -0.1) is 11.3 Å². The maximum absolute atomic E-state index is 12.0. The second-order valence-corrected chi connectivity index (χ2v) is 15.4. The molecule has 3 aliphatic rings. The summed E-state index contributed by atoms with van der Waals surface area (Å²) in [5.41, 5.74) is 3.35. The van der Waals surface area contributed by atoms with Crippen LogP contribution in [0.4, 0.5) is 11.8 Å². The van der Waals surface area contributed by atoms with Crippen LogP contribution in [0.2, 0.25) is 0 Å². The van der Waals surface area contributed by atoms with Crippen LogP contribution in [0.15, 0.2) is 12.3 Å². The van der Waals surface area contributed by atoms with Crippen molar-refractivity contribution in [3.63, 3.8) is 0 Å². The van der Waals surface area contributed by atoms with Gasteiger partial charge in [0.05, 0.1) is 46.2 Å². The summed E-state index contributed by atoms with van der Waals surface area (Å²) in [6.45, 7) is 3.77. The summed E-state index contributed by atoms with van der Waals surface area (Å²) in [4.78, 5) is 19.1. The monoisotopic (exact) mass is 616 g/mol. The number of hydrogen-bond acceptors (Lipinski definition) is 12. The Labute approximate surface area is 250 Å². The molecule has 228 valence electrons. The Morgan fingerprint density at radius 3 is 2.62 bits per heavy atom. The molecule has 42 heavy (non-hydrogen) atoms. The molecule has 3 aromatic heterocycles. The predicted molar refractivity (Wildman–Crippen MR) is 164 cm³/mol. The van der Waals surface area contributed by atoms with E-state index in [0.29, 0.717) is 48.0 Å². The smallest absolute Gasteiger partial charge is 0.224 e. The number of aliphatic hydroxyl groups is 2. The molecular formula is C29H40N6O5S2. The first-order valence-electron chi connectivity index (χ1n) is 14.9. The van der Waals surface area contributed by atoms with Gasteiger partial charge in [-0.3, -0.25) is 4.98 Å². The Balaban J connectivity index is 1.26. The van der Waals surface area contributed by atoms with Crippen molar-refractivity contribution in [2.45, 2.75) is 76.0 Å². The van der Waals surface area contributed by atoms with Gasteiger partial charge in [-0.25, -0.2) is 18.4 Å². The number of rotatable bonds is 12. The zero-order valence-electron chi connectivity index (χ0n) is 24.1. The second-order valence-electron chi connectivity index (χ2n) is 12.2. The van der Waals surface area contributed by atoms with E-state index in [9.17, 15) is 18.6 Å². The number of aromatic nitrogens is 4. The van der Waals surface area contributed by atoms with E-state index in [1.165, 1.54) is 25.7 Å². The van der Waals surface area contributed by atoms with E-state index in [1.54, 1.807) is 11.3 Å². The molecule has 0 saturated heterocycles. The highest BCUT2D eigenvalue weighted by molar-refractivity contribution is 7.90. The van der Waals surface area contributed by atoms with Crippen molar-refractivity contribution in [1.82, 2.24) is 19.9 Å². The first-order chi connectivity index (χ1) is 20.2. The Hall–Kier alpha value is -2.45. The summed E-state index contributed by atoms with van der Waals surface area (Å²) < 4.78 is 30.8. The molecule has 0 bridgehead atoms. The standard InChI is InChI=1S/C29H40N6O5S2/c1-16-22(28-34-24-21(41-28)9-10-30-23(24)18-7-8-18)27(33-20-13-19(15-42(2,38)39)25(36)26(20)37)35-29(32-16)31-11-12-40-14-17-5-3-4-6-17/h9-10,17-20,25-26,36-37H,3-8,11-15H2,1-2H3,(H2,31,32,33,35). The SMILES string of the molecule is Cc1nc(NCCOCC2CCCC2)nc(NC2CC(CS(C)(=O)=O)C(O)C2O)c1-c1nc2c(C3CC3)nccc2s1. The van der Waals surface area contributed by atoms with Crippen LogP contribution < -0.4 is 10.6 Å². The van der Waals surface area contributed by atoms with Gasteiger partial charge in [-0.05, 0) is 51.0 Å². The lowest BCUT2D eigenvalue weighted by Gasteiger charge is -2.21. The van der Waals surface area contributed by atoms with Gasteiger partial charge in [0, 0.05) is 37.4 Å². The van der Waals surface area contributed by atoms with Crippen LogP contribution in [0, 0.1) is 18.8 Å². The van der Waals surface area contributed by atoms with Gasteiger partial charge >= 0.3 is 0 Å². The van der Waals surface area contributed by atoms with Crippen LogP contribution in [0.1, 0.15) is 62.3 Å². The quantitative estimate of drug-likeness (QED) is 0.221. The number of aryl methyl sites for hydroxylation is 1. The van der Waals surface area contributed by atoms with Crippen molar-refractivity contribution in [2.24, 2.45) is 11.8 Å². The third-order valence-electron chi connectivity index (χ3n) is 8.60. The molecule has 0 spiro atoms. The van der Waals surface area contributed by atoms with Crippen molar-refractivity contribution < 1.29 is 23.4 Å². The van der Waals surface area contributed by atoms with E-state index in [4.69, 9.17) is 19.7 Å². The molecule has 3 saturated carbocycles. The molecular weight excluding hydrogens is 576 g/mol. The van der Waals surface area contributed by atoms with Crippen molar-refractivity contribution in [3.05, 3.63) is 23.7 Å². The molecule has 6 rings (SSSR count). The van der Waals surface area contributed by atoms with Crippen molar-refractivity contribution in [1.29, 1.82) is 0 Å². The molecule has 0 radical (unpaired) electrons. The third kappa shape index (κ3) is 6.70. The summed E-state index contributed by atoms with van der Waals surface area (Å²) >= 11 is 1.55. The Morgan fingerprint density at radius 2 is 1.88 bits per heavy atom. The average molecular weight is 617 g/mol. The van der Waals surface area contributed by atoms with Crippen LogP contribution in [0.25, 0.3) is 20.8 Å². The summed E-state index contributed by atoms with van der Waals surface area (Å²) in [6.07, 6.45) is 8.25. The van der Waals surface area contributed by atoms with Crippen LogP contribution in [0.3, 0.4) is 0 Å². The van der Waals surface area contributed by atoms with Gasteiger partial charge in [-0.2, -0.15) is 4.98 Å². The summed E-state index contributed by atoms with van der Waals surface area (Å²) in [6, 6.07) is 1.38. The Bertz CT molecular complexity index is 1520. The lowest BCUT2D eigenvalue weighted by atomic mass is 10.1. The van der Waals surface area contributed by atoms with Crippen LogP contribution >= 0.6 is 11.3 Å². The molecule has 4 unspecified atom stereocenters. The number of sulfone groups is 1. The number of anilines is 2. The van der Waals surface area contributed by atoms with Gasteiger partial charge < -0.3 is 25.6 Å². The molecule has 0 amide bonds. The minimum absolute atomic E-state index is 0.193. The van der Waals surface area contributed by atoms with Crippen LogP contribution in [-0.2, 0) is 14.6 Å². The molecule has 0 aromatic carbocycles. The fourth-order valence-corrected chi connectivity index (χ4v) is 8.49. The van der Waals surface area contributed by atoms with E-state index in [0.717, 1.165) is 46.6 Å². The molecule has 4 atom stereocenters. The number of fused-ring (bicyclic) bond motifs is 1. The first-order valence-corrected chi connectivity index (χ1v) is 17.8. The Kier molecular flexibility index (Phi) is 8.65. The molecule has 3 fully saturated rings. The fourth-order valence-electron chi connectivity index (χ4n) is 6.31. The second kappa shape index (κ2) is 12.3. The van der Waals surface area contributed by atoms with E-state index in [1.807, 2.05) is 19.2 Å². The lowest BCUT2D eigenvalue weighted by Crippen LogP contribution is -2.36. The van der Waals surface area contributed by atoms with Gasteiger partial charge in [0.25, 0.3) is 0 Å². The molecule has 4 N–H and O–H groups in total. The van der Waals surface area contributed by atoms with Gasteiger partial charge in [-0.1, -0.05) is 12.8 Å². The Morgan fingerprint density at radius 1 is 1.10 bits per heavy atom. The number of ether oxygens (including phenoxy) is 1. The minimum Gasteiger partial charge on any atom is -0.390 e. The van der Waals surface area contributed by atoms with Gasteiger partial charge in [0.2, 0.25) is 5.95 Å². The van der Waals surface area contributed by atoms with Crippen molar-refractivity contribution in [3.8, 4) is 10.6 Å². The van der Waals surface area contributed by atoms with Crippen molar-refractivity contribution in [2.75, 3.05) is 42.4 Å². The normalized spacial score (nSPS) is 25.0. The molecule has 3 heterocycles. The highest BCUT2D eigenvalue weighted by Crippen LogP contribution is 2.44. The van der Waals surface area contributed by atoms with E-state index in [2.05, 4.69) is 15.6 Å². The fraction of sp³-hybridized carbons (Fsp3) is 0.655. The predicted octanol–water partition coefficient (Wildman–Crippen LogP) is 3.52. The first kappa shape index (κ1) is 29.6. The molecule has 3 aromatic rings. The number of hydrogen-bond donors (Lipinski definition) is 4. The number of pyridine rings is 1. The van der Waals surface area contributed by atoms with E-state index >= 15 is 0 Å². The third-order valence-corrected chi connectivity index (χ3v) is 10.7. The lowest BCUT2D eigenvalue weighted by molar-refractivity contribution is 0.0216. The van der Waals surface area contributed by atoms with Gasteiger partial charge in [0.15, 0.2) is 0 Å². The molecule has 0 aliphatic heterocycles. The number of aliphatic hydroxyl groups excluding tert-OH is 2. The molecule has 3 aliphatic carbocycles. The highest BCUT2D eigenvalue weighted by atomic mass is 32.2. The minimum atomic E-state index is -3.33. The highest BCUT2D eigenvalue weighted by Gasteiger charge is 2.43. The van der Waals surface area contributed by atoms with E-state index in [-0.39, 0.29) is 12.2 Å². The summed E-state index contributed by atoms with van der Waals surface area (Å²) in [7, 11) is -3.33. The van der Waals surface area contributed by atoms with E-state index < -0.39 is 34.0 Å². The zero-order valence-corrected chi connectivity index (χ0v) is 25.8. The average Bonchev–Trinajstić information content (AvgIpc) is 3.36. The summed E-state index contributed by atoms with van der Waals surface area (Å²) in [5.74, 6) is 1.23. The van der Waals surface area contributed by atoms with Crippen LogP contribution in [0.5, 0.6) is 0 Å².